The number of aliphatic hydroxyl groups is 4. The summed E-state index contributed by atoms with van der Waals surface area (Å²) >= 11 is 0. The first-order chi connectivity index (χ1) is 32.4. The Labute approximate surface area is 408 Å². The largest absolute Gasteiger partial charge is 0.464 e. The Kier molecular flexibility index (Phi) is 22.0. The first-order valence-electron chi connectivity index (χ1n) is 24.8. The van der Waals surface area contributed by atoms with Crippen LogP contribution in [0.25, 0.3) is 0 Å². The fourth-order valence-electron chi connectivity index (χ4n) is 9.91. The Hall–Kier alpha value is -3.63. The molecule has 0 aromatic carbocycles. The van der Waals surface area contributed by atoms with Gasteiger partial charge in [-0.3, -0.25) is 0 Å². The van der Waals surface area contributed by atoms with Crippen molar-refractivity contribution in [2.24, 2.45) is 35.5 Å². The molecular formula is C49H83N3O17. The zero-order chi connectivity index (χ0) is 51.2. The van der Waals surface area contributed by atoms with Gasteiger partial charge in [-0.05, 0) is 113 Å². The molecule has 0 aliphatic carbocycles. The van der Waals surface area contributed by atoms with Crippen LogP contribution in [0.1, 0.15) is 101 Å². The molecule has 9 saturated heterocycles. The molecule has 69 heavy (non-hydrogen) atoms. The van der Waals surface area contributed by atoms with Crippen LogP contribution in [-0.2, 0) is 52.3 Å². The van der Waals surface area contributed by atoms with Crippen molar-refractivity contribution >= 4 is 30.1 Å². The van der Waals surface area contributed by atoms with Crippen molar-refractivity contribution in [3.05, 3.63) is 11.6 Å². The topological polar surface area (TPSA) is 259 Å². The lowest BCUT2D eigenvalue weighted by molar-refractivity contribution is -0.181. The molecule has 9 heterocycles. The molecule has 0 aromatic rings. The van der Waals surface area contributed by atoms with Gasteiger partial charge in [-0.25, -0.2) is 24.0 Å². The smallest absolute Gasteiger partial charge is 0.410 e. The number of rotatable bonds is 8. The van der Waals surface area contributed by atoms with Crippen molar-refractivity contribution in [1.29, 1.82) is 0 Å². The molecule has 0 aromatic heterocycles. The highest BCUT2D eigenvalue weighted by molar-refractivity contribution is 5.82. The lowest BCUT2D eigenvalue weighted by Crippen LogP contribution is -2.57. The Balaban J connectivity index is 0.000000228. The van der Waals surface area contributed by atoms with Crippen LogP contribution in [0.4, 0.5) is 9.59 Å². The highest BCUT2D eigenvalue weighted by Crippen LogP contribution is 2.36. The van der Waals surface area contributed by atoms with E-state index in [9.17, 15) is 44.4 Å². The lowest BCUT2D eigenvalue weighted by atomic mass is 9.77. The van der Waals surface area contributed by atoms with Crippen LogP contribution in [0.15, 0.2) is 11.6 Å². The van der Waals surface area contributed by atoms with Crippen molar-refractivity contribution in [3.63, 3.8) is 0 Å². The van der Waals surface area contributed by atoms with Gasteiger partial charge in [0.05, 0.1) is 59.5 Å². The number of carbonyl (C=O) groups is 5. The molecule has 9 aliphatic heterocycles. The quantitative estimate of drug-likeness (QED) is 0.133. The van der Waals surface area contributed by atoms with Crippen molar-refractivity contribution in [2.75, 3.05) is 98.7 Å². The Bertz CT molecular complexity index is 1660. The van der Waals surface area contributed by atoms with Gasteiger partial charge in [0.15, 0.2) is 12.2 Å². The van der Waals surface area contributed by atoms with E-state index in [1.807, 2.05) is 41.5 Å². The molecule has 0 radical (unpaired) electrons. The number of hydrogen-bond donors (Lipinski definition) is 5. The number of esters is 3. The summed E-state index contributed by atoms with van der Waals surface area (Å²) in [5, 5.41) is 45.5. The second-order valence-electron chi connectivity index (χ2n) is 21.5. The maximum atomic E-state index is 12.5. The molecule has 5 N–H and O–H groups in total. The molecule has 20 nitrogen and oxygen atoms in total. The van der Waals surface area contributed by atoms with Crippen LogP contribution in [0, 0.1) is 35.5 Å². The van der Waals surface area contributed by atoms with Crippen LogP contribution in [0.3, 0.4) is 0 Å². The number of carbonyl (C=O) groups excluding carboxylic acids is 5. The molecule has 8 unspecified atom stereocenters. The van der Waals surface area contributed by atoms with Crippen molar-refractivity contribution < 1.29 is 82.3 Å². The summed E-state index contributed by atoms with van der Waals surface area (Å²) < 4.78 is 42.7. The van der Waals surface area contributed by atoms with Crippen molar-refractivity contribution in [2.45, 2.75) is 135 Å². The van der Waals surface area contributed by atoms with Crippen LogP contribution in [-0.4, -0.2) is 194 Å². The molecule has 2 amide bonds. The SMILES string of the molecule is CCOC(=O)C(O)C1(O)CC2CNCC(COC2)C1.CCOC(=O)C(O)C1(O)CC2COCC(CN(C(=O)OC(C)(C)C)C2)C1.CCOC(=O)C=C1CC2COCC(C1)CN(C(=O)OC(C)(C)C)C2. The summed E-state index contributed by atoms with van der Waals surface area (Å²) in [6, 6.07) is 0. The van der Waals surface area contributed by atoms with Crippen molar-refractivity contribution in [3.8, 4) is 0 Å². The van der Waals surface area contributed by atoms with E-state index in [-0.39, 0.29) is 73.6 Å². The highest BCUT2D eigenvalue weighted by atomic mass is 16.6. The molecule has 20 heteroatoms. The van der Waals surface area contributed by atoms with E-state index in [1.165, 1.54) is 0 Å². The van der Waals surface area contributed by atoms with Crippen LogP contribution in [0.5, 0.6) is 0 Å². The number of nitrogens with one attached hydrogen (secondary N) is 1. The summed E-state index contributed by atoms with van der Waals surface area (Å²) in [4.78, 5) is 63.7. The number of fused-ring (bicyclic) bond motifs is 18. The molecule has 8 atom stereocenters. The average Bonchev–Trinajstić information content (AvgIpc) is 3.18. The maximum Gasteiger partial charge on any atom is 0.410 e. The molecule has 9 rings (SSSR count). The minimum absolute atomic E-state index is 0.0929. The van der Waals surface area contributed by atoms with E-state index in [0.717, 1.165) is 31.5 Å². The Morgan fingerprint density at radius 3 is 1.29 bits per heavy atom. The predicted molar refractivity (Wildman–Crippen MR) is 249 cm³/mol. The highest BCUT2D eigenvalue weighted by Gasteiger charge is 2.49. The third-order valence-electron chi connectivity index (χ3n) is 12.5. The Morgan fingerprint density at radius 1 is 0.594 bits per heavy atom. The number of nitrogens with zero attached hydrogens (tertiary/aromatic N) is 2. The van der Waals surface area contributed by atoms with Gasteiger partial charge in [0, 0.05) is 69.0 Å². The number of hydrogen-bond acceptors (Lipinski definition) is 18. The van der Waals surface area contributed by atoms with Crippen LogP contribution >= 0.6 is 0 Å². The average molecular weight is 986 g/mol. The standard InChI is InChI=1S/C18H31NO7.C18H29NO5.C13H23NO5/c1-5-25-15(21)14(20)18(23)6-12-8-19(16(22)26-17(2,3)4)9-13(7-18)11-24-10-12;1-5-23-16(20)8-13-6-14-9-19(17(21)24-18(2,3)4)10-15(7-13)12-22-11-14;1-2-19-12(16)11(15)13(17)3-9-5-14-6-10(4-13)8-18-7-9/h12-14,20,23H,5-11H2,1-4H3;8,14-15H,5-7,9-12H2,1-4H3;9-11,14-15,17H,2-8H2,1H3. The van der Waals surface area contributed by atoms with Crippen LogP contribution < -0.4 is 5.32 Å². The number of ether oxygens (including phenoxy) is 8. The van der Waals surface area contributed by atoms with E-state index in [4.69, 9.17) is 37.9 Å². The van der Waals surface area contributed by atoms with E-state index >= 15 is 0 Å². The molecule has 9 aliphatic rings. The van der Waals surface area contributed by atoms with Gasteiger partial charge < -0.3 is 73.4 Å². The minimum atomic E-state index is -1.61. The fourth-order valence-corrected chi connectivity index (χ4v) is 9.91. The minimum Gasteiger partial charge on any atom is -0.464 e. The van der Waals surface area contributed by atoms with Gasteiger partial charge in [-0.1, -0.05) is 5.57 Å². The first kappa shape index (κ1) is 57.9. The first-order valence-corrected chi connectivity index (χ1v) is 24.8. The molecule has 9 fully saturated rings. The molecular weight excluding hydrogens is 903 g/mol. The van der Waals surface area contributed by atoms with Gasteiger partial charge in [0.25, 0.3) is 0 Å². The summed E-state index contributed by atoms with van der Waals surface area (Å²) in [7, 11) is 0. The monoisotopic (exact) mass is 986 g/mol. The van der Waals surface area contributed by atoms with E-state index < -0.39 is 52.6 Å². The third kappa shape index (κ3) is 18.8. The van der Waals surface area contributed by atoms with Gasteiger partial charge in [0.1, 0.15) is 22.4 Å². The summed E-state index contributed by atoms with van der Waals surface area (Å²) in [6.45, 7) is 23.2. The van der Waals surface area contributed by atoms with Crippen LogP contribution in [0.2, 0.25) is 0 Å². The molecule has 6 bridgehead atoms. The molecule has 0 saturated carbocycles. The molecule has 396 valence electrons. The zero-order valence-corrected chi connectivity index (χ0v) is 42.5. The lowest BCUT2D eigenvalue weighted by Gasteiger charge is -2.44. The fraction of sp³-hybridized carbons (Fsp3) is 0.857. The van der Waals surface area contributed by atoms with E-state index in [0.29, 0.717) is 85.3 Å². The van der Waals surface area contributed by atoms with Gasteiger partial charge in [-0.2, -0.15) is 0 Å². The van der Waals surface area contributed by atoms with Gasteiger partial charge >= 0.3 is 30.1 Å². The van der Waals surface area contributed by atoms with Gasteiger partial charge in [0.2, 0.25) is 0 Å². The Morgan fingerprint density at radius 2 is 0.928 bits per heavy atom. The predicted octanol–water partition coefficient (Wildman–Crippen LogP) is 2.99. The number of aliphatic hydroxyl groups excluding tert-OH is 2. The van der Waals surface area contributed by atoms with E-state index in [1.54, 1.807) is 36.6 Å². The zero-order valence-electron chi connectivity index (χ0n) is 42.5. The molecule has 0 spiro atoms. The second-order valence-corrected chi connectivity index (χ2v) is 21.5. The summed E-state index contributed by atoms with van der Waals surface area (Å²) in [5.41, 5.74) is -3.00. The van der Waals surface area contributed by atoms with Crippen molar-refractivity contribution in [1.82, 2.24) is 15.1 Å². The third-order valence-corrected chi connectivity index (χ3v) is 12.5. The summed E-state index contributed by atoms with van der Waals surface area (Å²) in [6.07, 6.45) is 0.329. The summed E-state index contributed by atoms with van der Waals surface area (Å²) in [5.74, 6) is -1.77. The number of amides is 2. The van der Waals surface area contributed by atoms with Gasteiger partial charge in [-0.15, -0.1) is 0 Å². The van der Waals surface area contributed by atoms with E-state index in [2.05, 4.69) is 5.32 Å². The normalized spacial score (nSPS) is 30.4. The second kappa shape index (κ2) is 26.2. The number of allylic oxidation sites excluding steroid dienone is 1. The maximum absolute atomic E-state index is 12.5.